The second-order valence-corrected chi connectivity index (χ2v) is 4.30. The van der Waals surface area contributed by atoms with Crippen LogP contribution in [0.2, 0.25) is 0 Å². The summed E-state index contributed by atoms with van der Waals surface area (Å²) >= 11 is 1.51. The monoisotopic (exact) mass is 183 g/mol. The third-order valence-electron chi connectivity index (χ3n) is 2.77. The molecule has 1 aliphatic carbocycles. The Morgan fingerprint density at radius 2 is 2.33 bits per heavy atom. The SMILES string of the molecule is NCC1(c2csc(N)n2)CCC1. The molecule has 0 unspecified atom stereocenters. The first-order valence-electron chi connectivity index (χ1n) is 4.18. The second kappa shape index (κ2) is 2.71. The molecule has 0 aliphatic heterocycles. The zero-order chi connectivity index (χ0) is 8.60. The highest BCUT2D eigenvalue weighted by Gasteiger charge is 2.39. The quantitative estimate of drug-likeness (QED) is 0.721. The lowest BCUT2D eigenvalue weighted by Gasteiger charge is -2.39. The minimum atomic E-state index is 0.175. The Bertz CT molecular complexity index is 272. The number of hydrogen-bond donors (Lipinski definition) is 2. The molecule has 2 rings (SSSR count). The smallest absolute Gasteiger partial charge is 0.180 e. The van der Waals surface area contributed by atoms with Crippen molar-refractivity contribution in [2.24, 2.45) is 5.73 Å². The van der Waals surface area contributed by atoms with Gasteiger partial charge in [0.1, 0.15) is 0 Å². The van der Waals surface area contributed by atoms with E-state index in [9.17, 15) is 0 Å². The van der Waals surface area contributed by atoms with Crippen LogP contribution in [0, 0.1) is 0 Å². The van der Waals surface area contributed by atoms with Crippen molar-refractivity contribution in [2.75, 3.05) is 12.3 Å². The maximum absolute atomic E-state index is 5.73. The fraction of sp³-hybridized carbons (Fsp3) is 0.625. The normalized spacial score (nSPS) is 20.4. The second-order valence-electron chi connectivity index (χ2n) is 3.41. The van der Waals surface area contributed by atoms with E-state index in [0.717, 1.165) is 5.69 Å². The van der Waals surface area contributed by atoms with Crippen molar-refractivity contribution in [1.82, 2.24) is 4.98 Å². The fourth-order valence-electron chi connectivity index (χ4n) is 1.70. The number of nitrogen functional groups attached to an aromatic ring is 1. The van der Waals surface area contributed by atoms with Crippen LogP contribution in [0.15, 0.2) is 5.38 Å². The molecule has 0 saturated heterocycles. The van der Waals surface area contributed by atoms with Gasteiger partial charge in [-0.25, -0.2) is 4.98 Å². The molecule has 0 amide bonds. The molecule has 12 heavy (non-hydrogen) atoms. The van der Waals surface area contributed by atoms with Crippen LogP contribution in [-0.2, 0) is 5.41 Å². The van der Waals surface area contributed by atoms with Gasteiger partial charge in [-0.1, -0.05) is 6.42 Å². The van der Waals surface area contributed by atoms with Gasteiger partial charge in [-0.2, -0.15) is 0 Å². The molecule has 4 N–H and O–H groups in total. The summed E-state index contributed by atoms with van der Waals surface area (Å²) < 4.78 is 0. The topological polar surface area (TPSA) is 64.9 Å². The van der Waals surface area contributed by atoms with Gasteiger partial charge in [0.15, 0.2) is 5.13 Å². The van der Waals surface area contributed by atoms with Gasteiger partial charge in [0.2, 0.25) is 0 Å². The average molecular weight is 183 g/mol. The van der Waals surface area contributed by atoms with Crippen molar-refractivity contribution in [2.45, 2.75) is 24.7 Å². The molecule has 1 saturated carbocycles. The van der Waals surface area contributed by atoms with Crippen molar-refractivity contribution in [1.29, 1.82) is 0 Å². The molecule has 0 bridgehead atoms. The summed E-state index contributed by atoms with van der Waals surface area (Å²) in [6, 6.07) is 0. The summed E-state index contributed by atoms with van der Waals surface area (Å²) in [7, 11) is 0. The first kappa shape index (κ1) is 8.01. The van der Waals surface area contributed by atoms with E-state index in [1.54, 1.807) is 0 Å². The molecule has 0 aromatic carbocycles. The van der Waals surface area contributed by atoms with Crippen LogP contribution >= 0.6 is 11.3 Å². The first-order valence-corrected chi connectivity index (χ1v) is 5.06. The lowest BCUT2D eigenvalue weighted by molar-refractivity contribution is 0.247. The van der Waals surface area contributed by atoms with Crippen molar-refractivity contribution in [3.8, 4) is 0 Å². The highest BCUT2D eigenvalue weighted by atomic mass is 32.1. The molecule has 1 fully saturated rings. The van der Waals surface area contributed by atoms with Gasteiger partial charge in [0.05, 0.1) is 5.69 Å². The lowest BCUT2D eigenvalue weighted by atomic mass is 9.67. The van der Waals surface area contributed by atoms with Gasteiger partial charge >= 0.3 is 0 Å². The highest BCUT2D eigenvalue weighted by molar-refractivity contribution is 7.13. The summed E-state index contributed by atoms with van der Waals surface area (Å²) in [5.74, 6) is 0. The van der Waals surface area contributed by atoms with Gasteiger partial charge in [-0.3, -0.25) is 0 Å². The predicted octanol–water partition coefficient (Wildman–Crippen LogP) is 1.11. The van der Waals surface area contributed by atoms with Gasteiger partial charge < -0.3 is 11.5 Å². The zero-order valence-electron chi connectivity index (χ0n) is 6.92. The molecule has 4 heteroatoms. The number of rotatable bonds is 2. The maximum Gasteiger partial charge on any atom is 0.180 e. The van der Waals surface area contributed by atoms with Crippen molar-refractivity contribution in [3.63, 3.8) is 0 Å². The molecular formula is C8H13N3S. The van der Waals surface area contributed by atoms with E-state index in [1.165, 1.54) is 30.6 Å². The summed E-state index contributed by atoms with van der Waals surface area (Å²) in [5.41, 5.74) is 12.6. The highest BCUT2D eigenvalue weighted by Crippen LogP contribution is 2.43. The van der Waals surface area contributed by atoms with E-state index in [-0.39, 0.29) is 5.41 Å². The van der Waals surface area contributed by atoms with Crippen LogP contribution in [0.1, 0.15) is 25.0 Å². The van der Waals surface area contributed by atoms with Gasteiger partial charge in [-0.15, -0.1) is 11.3 Å². The molecule has 1 aromatic heterocycles. The lowest BCUT2D eigenvalue weighted by Crippen LogP contribution is -2.41. The Hall–Kier alpha value is -0.610. The number of hydrogen-bond acceptors (Lipinski definition) is 4. The molecule has 66 valence electrons. The average Bonchev–Trinajstić information content (AvgIpc) is 2.35. The number of anilines is 1. The Labute approximate surface area is 75.8 Å². The molecule has 1 aliphatic rings. The van der Waals surface area contributed by atoms with Gasteiger partial charge in [0.25, 0.3) is 0 Å². The predicted molar refractivity (Wildman–Crippen MR) is 51.1 cm³/mol. The van der Waals surface area contributed by atoms with Crippen molar-refractivity contribution < 1.29 is 0 Å². The Morgan fingerprint density at radius 1 is 1.58 bits per heavy atom. The molecule has 0 radical (unpaired) electrons. The van der Waals surface area contributed by atoms with E-state index in [0.29, 0.717) is 11.7 Å². The number of aromatic nitrogens is 1. The molecule has 0 spiro atoms. The summed E-state index contributed by atoms with van der Waals surface area (Å²) in [6.07, 6.45) is 3.62. The largest absolute Gasteiger partial charge is 0.375 e. The molecule has 3 nitrogen and oxygen atoms in total. The number of thiazole rings is 1. The summed E-state index contributed by atoms with van der Waals surface area (Å²) in [5, 5.41) is 2.70. The number of nitrogens with two attached hydrogens (primary N) is 2. The van der Waals surface area contributed by atoms with Crippen LogP contribution in [0.4, 0.5) is 5.13 Å². The van der Waals surface area contributed by atoms with Gasteiger partial charge in [0, 0.05) is 17.3 Å². The van der Waals surface area contributed by atoms with E-state index in [2.05, 4.69) is 4.98 Å². The van der Waals surface area contributed by atoms with E-state index in [4.69, 9.17) is 11.5 Å². The third-order valence-corrected chi connectivity index (χ3v) is 3.44. The van der Waals surface area contributed by atoms with Crippen LogP contribution in [-0.4, -0.2) is 11.5 Å². The van der Waals surface area contributed by atoms with E-state index in [1.807, 2.05) is 5.38 Å². The van der Waals surface area contributed by atoms with E-state index >= 15 is 0 Å². The minimum absolute atomic E-state index is 0.175. The third kappa shape index (κ3) is 1.03. The molecule has 0 atom stereocenters. The first-order chi connectivity index (χ1) is 5.77. The fourth-order valence-corrected chi connectivity index (χ4v) is 2.39. The minimum Gasteiger partial charge on any atom is -0.375 e. The Balaban J connectivity index is 2.27. The van der Waals surface area contributed by atoms with Crippen LogP contribution in [0.25, 0.3) is 0 Å². The van der Waals surface area contributed by atoms with Gasteiger partial charge in [-0.05, 0) is 12.8 Å². The zero-order valence-corrected chi connectivity index (χ0v) is 7.73. The van der Waals surface area contributed by atoms with Crippen LogP contribution in [0.3, 0.4) is 0 Å². The van der Waals surface area contributed by atoms with Crippen LogP contribution in [0.5, 0.6) is 0 Å². The van der Waals surface area contributed by atoms with Crippen molar-refractivity contribution in [3.05, 3.63) is 11.1 Å². The molecular weight excluding hydrogens is 170 g/mol. The van der Waals surface area contributed by atoms with Crippen molar-refractivity contribution >= 4 is 16.5 Å². The molecule has 1 aromatic rings. The summed E-state index contributed by atoms with van der Waals surface area (Å²) in [6.45, 7) is 0.705. The maximum atomic E-state index is 5.73. The molecule has 1 heterocycles. The Morgan fingerprint density at radius 3 is 2.67 bits per heavy atom. The van der Waals surface area contributed by atoms with E-state index < -0.39 is 0 Å². The number of nitrogens with zero attached hydrogens (tertiary/aromatic N) is 1. The van der Waals surface area contributed by atoms with Crippen LogP contribution < -0.4 is 11.5 Å². The standard InChI is InChI=1S/C8H13N3S/c9-5-8(2-1-3-8)6-4-12-7(10)11-6/h4H,1-3,5,9H2,(H2,10,11). The Kier molecular flexibility index (Phi) is 1.81. The summed E-state index contributed by atoms with van der Waals surface area (Å²) in [4.78, 5) is 4.29.